The largest absolute Gasteiger partial charge is 0.453 e. The molecule has 144 valence electrons. The van der Waals surface area contributed by atoms with Gasteiger partial charge in [0.25, 0.3) is 10.1 Å². The molecule has 0 heterocycles. The Hall–Kier alpha value is -1.66. The first-order chi connectivity index (χ1) is 11.9. The average molecular weight is 381 g/mol. The standard InChI is InChI=1S/C20H28O5S/c1-8-10-15(9-2)26(22,23)25-17-12-14-11-16(19(14,5)6)20(17,7)24-18(21)13(3)4/h8-10,14,16-17H,1-3,11-12H2,4-7H3/b15-10+. The minimum absolute atomic E-state index is 0.00724. The van der Waals surface area contributed by atoms with E-state index >= 15 is 0 Å². The minimum Gasteiger partial charge on any atom is -0.453 e. The third-order valence-corrected chi connectivity index (χ3v) is 7.34. The van der Waals surface area contributed by atoms with Crippen molar-refractivity contribution >= 4 is 16.1 Å². The van der Waals surface area contributed by atoms with Crippen molar-refractivity contribution in [3.05, 3.63) is 48.4 Å². The highest BCUT2D eigenvalue weighted by atomic mass is 32.2. The molecule has 0 saturated heterocycles. The molecule has 4 unspecified atom stereocenters. The molecule has 2 bridgehead atoms. The van der Waals surface area contributed by atoms with E-state index in [9.17, 15) is 13.2 Å². The van der Waals surface area contributed by atoms with Crippen molar-refractivity contribution in [2.45, 2.75) is 52.2 Å². The topological polar surface area (TPSA) is 69.7 Å². The number of hydrogen-bond donors (Lipinski definition) is 0. The van der Waals surface area contributed by atoms with Gasteiger partial charge in [0, 0.05) is 11.5 Å². The Balaban J connectivity index is 2.38. The van der Waals surface area contributed by atoms with Gasteiger partial charge in [0.05, 0.1) is 4.91 Å². The number of carbonyl (C=O) groups is 1. The smallest absolute Gasteiger partial charge is 0.333 e. The molecule has 0 spiro atoms. The van der Waals surface area contributed by atoms with E-state index in [0.717, 1.165) is 6.42 Å². The van der Waals surface area contributed by atoms with Crippen molar-refractivity contribution < 1.29 is 22.1 Å². The van der Waals surface area contributed by atoms with Gasteiger partial charge in [0.15, 0.2) is 0 Å². The second-order valence-electron chi connectivity index (χ2n) is 7.94. The minimum atomic E-state index is -4.04. The molecule has 26 heavy (non-hydrogen) atoms. The zero-order valence-corrected chi connectivity index (χ0v) is 16.8. The van der Waals surface area contributed by atoms with Crippen molar-refractivity contribution in [3.63, 3.8) is 0 Å². The zero-order valence-electron chi connectivity index (χ0n) is 15.9. The maximum atomic E-state index is 12.6. The molecule has 0 N–H and O–H groups in total. The highest BCUT2D eigenvalue weighted by molar-refractivity contribution is 7.91. The lowest BCUT2D eigenvalue weighted by atomic mass is 9.43. The third-order valence-electron chi connectivity index (χ3n) is 5.98. The highest BCUT2D eigenvalue weighted by Crippen LogP contribution is 2.64. The molecule has 3 aliphatic carbocycles. The molecule has 3 rings (SSSR count). The Bertz CT molecular complexity index is 774. The summed E-state index contributed by atoms with van der Waals surface area (Å²) in [4.78, 5) is 12.2. The number of carbonyl (C=O) groups excluding carboxylic acids is 1. The van der Waals surface area contributed by atoms with Crippen molar-refractivity contribution in [1.82, 2.24) is 0 Å². The molecule has 0 aromatic carbocycles. The summed E-state index contributed by atoms with van der Waals surface area (Å²) in [5.41, 5.74) is -0.835. The maximum absolute atomic E-state index is 12.6. The van der Waals surface area contributed by atoms with Crippen LogP contribution in [0.1, 0.15) is 40.5 Å². The lowest BCUT2D eigenvalue weighted by Crippen LogP contribution is -2.68. The van der Waals surface area contributed by atoms with Gasteiger partial charge in [-0.3, -0.25) is 4.18 Å². The predicted octanol–water partition coefficient (Wildman–Crippen LogP) is 3.90. The molecule has 4 atom stereocenters. The van der Waals surface area contributed by atoms with E-state index < -0.39 is 27.8 Å². The monoisotopic (exact) mass is 380 g/mol. The summed E-state index contributed by atoms with van der Waals surface area (Å²) in [6.07, 6.45) is 4.51. The van der Waals surface area contributed by atoms with Crippen LogP contribution in [0.3, 0.4) is 0 Å². The first-order valence-electron chi connectivity index (χ1n) is 8.67. The van der Waals surface area contributed by atoms with Gasteiger partial charge in [-0.1, -0.05) is 39.7 Å². The Morgan fingerprint density at radius 1 is 1.19 bits per heavy atom. The number of hydrogen-bond acceptors (Lipinski definition) is 5. The van der Waals surface area contributed by atoms with Crippen LogP contribution in [0.2, 0.25) is 0 Å². The van der Waals surface area contributed by atoms with E-state index in [2.05, 4.69) is 33.6 Å². The van der Waals surface area contributed by atoms with E-state index in [4.69, 9.17) is 8.92 Å². The molecule has 0 amide bonds. The zero-order chi connectivity index (χ0) is 19.9. The fourth-order valence-electron chi connectivity index (χ4n) is 4.24. The van der Waals surface area contributed by atoms with Crippen LogP contribution in [-0.2, 0) is 23.8 Å². The van der Waals surface area contributed by atoms with E-state index in [1.807, 2.05) is 0 Å². The van der Waals surface area contributed by atoms with Crippen LogP contribution in [0.25, 0.3) is 0 Å². The van der Waals surface area contributed by atoms with Gasteiger partial charge >= 0.3 is 5.97 Å². The van der Waals surface area contributed by atoms with E-state index in [1.54, 1.807) is 13.8 Å². The molecule has 3 saturated carbocycles. The summed E-state index contributed by atoms with van der Waals surface area (Å²) in [5, 5.41) is 0. The SMILES string of the molecule is C=C/C=C(\C=C)S(=O)(=O)OC1CC2CC(C2(C)C)C1(C)OC(=O)C(=C)C. The second-order valence-corrected chi connectivity index (χ2v) is 9.52. The molecular formula is C20H28O5S. The van der Waals surface area contributed by atoms with Crippen LogP contribution >= 0.6 is 0 Å². The van der Waals surface area contributed by atoms with Gasteiger partial charge in [-0.15, -0.1) is 0 Å². The Morgan fingerprint density at radius 3 is 2.27 bits per heavy atom. The van der Waals surface area contributed by atoms with Gasteiger partial charge in [0.2, 0.25) is 0 Å². The van der Waals surface area contributed by atoms with Crippen molar-refractivity contribution in [1.29, 1.82) is 0 Å². The van der Waals surface area contributed by atoms with Crippen LogP contribution in [-0.4, -0.2) is 26.1 Å². The molecule has 3 aliphatic rings. The lowest BCUT2D eigenvalue weighted by Gasteiger charge is -2.65. The first kappa shape index (κ1) is 20.6. The Kier molecular flexibility index (Phi) is 5.41. The Morgan fingerprint density at radius 2 is 1.81 bits per heavy atom. The summed E-state index contributed by atoms with van der Waals surface area (Å²) < 4.78 is 36.6. The number of ether oxygens (including phenoxy) is 1. The highest BCUT2D eigenvalue weighted by Gasteiger charge is 2.66. The number of allylic oxidation sites excluding steroid dienone is 3. The molecule has 0 radical (unpaired) electrons. The van der Waals surface area contributed by atoms with Gasteiger partial charge in [-0.05, 0) is 50.2 Å². The fraction of sp³-hybridized carbons (Fsp3) is 0.550. The molecular weight excluding hydrogens is 352 g/mol. The number of fused-ring (bicyclic) bond motifs is 2. The molecule has 6 heteroatoms. The van der Waals surface area contributed by atoms with Gasteiger partial charge in [0.1, 0.15) is 11.7 Å². The third kappa shape index (κ3) is 3.32. The molecule has 0 aromatic rings. The second kappa shape index (κ2) is 6.82. The van der Waals surface area contributed by atoms with Gasteiger partial charge in [-0.2, -0.15) is 8.42 Å². The Labute approximate surface area is 156 Å². The number of esters is 1. The van der Waals surface area contributed by atoms with Gasteiger partial charge < -0.3 is 4.74 Å². The average Bonchev–Trinajstić information content (AvgIpc) is 2.53. The summed E-state index contributed by atoms with van der Waals surface area (Å²) in [6, 6.07) is 0. The summed E-state index contributed by atoms with van der Waals surface area (Å²) in [7, 11) is -4.04. The summed E-state index contributed by atoms with van der Waals surface area (Å²) >= 11 is 0. The van der Waals surface area contributed by atoms with Crippen molar-refractivity contribution in [2.24, 2.45) is 17.3 Å². The quantitative estimate of drug-likeness (QED) is 0.290. The first-order valence-corrected chi connectivity index (χ1v) is 10.1. The predicted molar refractivity (Wildman–Crippen MR) is 102 cm³/mol. The number of rotatable bonds is 7. The van der Waals surface area contributed by atoms with Crippen LogP contribution < -0.4 is 0 Å². The maximum Gasteiger partial charge on any atom is 0.333 e. The normalized spacial score (nSPS) is 32.9. The molecule has 3 fully saturated rings. The molecule has 0 aliphatic heterocycles. The summed E-state index contributed by atoms with van der Waals surface area (Å²) in [6.45, 7) is 18.2. The van der Waals surface area contributed by atoms with Crippen LogP contribution in [0.15, 0.2) is 48.4 Å². The lowest BCUT2D eigenvalue weighted by molar-refractivity contribution is -0.249. The van der Waals surface area contributed by atoms with Crippen LogP contribution in [0.5, 0.6) is 0 Å². The molecule has 0 aromatic heterocycles. The van der Waals surface area contributed by atoms with Crippen LogP contribution in [0.4, 0.5) is 0 Å². The van der Waals surface area contributed by atoms with Gasteiger partial charge in [-0.25, -0.2) is 4.79 Å². The van der Waals surface area contributed by atoms with E-state index in [0.29, 0.717) is 12.3 Å². The van der Waals surface area contributed by atoms with E-state index in [-0.39, 0.29) is 21.8 Å². The van der Waals surface area contributed by atoms with Crippen molar-refractivity contribution in [2.75, 3.05) is 0 Å². The molecule has 5 nitrogen and oxygen atoms in total. The van der Waals surface area contributed by atoms with Crippen molar-refractivity contribution in [3.8, 4) is 0 Å². The van der Waals surface area contributed by atoms with Crippen LogP contribution in [0, 0.1) is 17.3 Å². The summed E-state index contributed by atoms with van der Waals surface area (Å²) in [5.74, 6) is -0.210. The van der Waals surface area contributed by atoms with E-state index in [1.165, 1.54) is 18.2 Å². The fourth-order valence-corrected chi connectivity index (χ4v) is 5.40.